The van der Waals surface area contributed by atoms with Crippen molar-refractivity contribution in [2.45, 2.75) is 32.1 Å². The Kier molecular flexibility index (Phi) is 6.12. The Hall–Kier alpha value is -0.860. The maximum absolute atomic E-state index is 11.6. The zero-order chi connectivity index (χ0) is 11.8. The van der Waals surface area contributed by atoms with Crippen molar-refractivity contribution in [3.05, 3.63) is 34.9 Å². The van der Waals surface area contributed by atoms with Crippen LogP contribution in [0.25, 0.3) is 0 Å². The van der Waals surface area contributed by atoms with Crippen molar-refractivity contribution in [2.24, 2.45) is 5.73 Å². The van der Waals surface area contributed by atoms with Gasteiger partial charge in [0.1, 0.15) is 5.78 Å². The monoisotopic (exact) mass is 239 g/mol. The molecule has 0 aliphatic heterocycles. The van der Waals surface area contributed by atoms with Gasteiger partial charge in [-0.05, 0) is 31.0 Å². The first-order valence-electron chi connectivity index (χ1n) is 5.69. The lowest BCUT2D eigenvalue weighted by Crippen LogP contribution is -2.04. The predicted molar refractivity (Wildman–Crippen MR) is 67.7 cm³/mol. The molecule has 0 spiro atoms. The van der Waals surface area contributed by atoms with Crippen LogP contribution in [0.5, 0.6) is 0 Å². The van der Waals surface area contributed by atoms with E-state index in [0.717, 1.165) is 24.8 Å². The third kappa shape index (κ3) is 4.77. The zero-order valence-electron chi connectivity index (χ0n) is 9.42. The van der Waals surface area contributed by atoms with Crippen molar-refractivity contribution in [3.63, 3.8) is 0 Å². The number of hydrogen-bond acceptors (Lipinski definition) is 2. The lowest BCUT2D eigenvalue weighted by atomic mass is 10.0. The first-order valence-corrected chi connectivity index (χ1v) is 6.07. The molecule has 1 rings (SSSR count). The number of rotatable bonds is 7. The predicted octanol–water partition coefficient (Wildman–Crippen LogP) is 2.97. The van der Waals surface area contributed by atoms with Crippen molar-refractivity contribution in [3.8, 4) is 0 Å². The minimum absolute atomic E-state index is 0.255. The second-order valence-electron chi connectivity index (χ2n) is 3.91. The number of hydrogen-bond donors (Lipinski definition) is 1. The number of unbranched alkanes of at least 4 members (excludes halogenated alkanes) is 2. The van der Waals surface area contributed by atoms with Gasteiger partial charge in [0.2, 0.25) is 0 Å². The molecule has 0 bridgehead atoms. The summed E-state index contributed by atoms with van der Waals surface area (Å²) >= 11 is 5.98. The van der Waals surface area contributed by atoms with Crippen LogP contribution in [0.3, 0.4) is 0 Å². The van der Waals surface area contributed by atoms with E-state index in [9.17, 15) is 4.79 Å². The molecule has 0 amide bonds. The van der Waals surface area contributed by atoms with E-state index in [2.05, 4.69) is 0 Å². The molecule has 0 atom stereocenters. The van der Waals surface area contributed by atoms with Crippen molar-refractivity contribution in [1.29, 1.82) is 0 Å². The summed E-state index contributed by atoms with van der Waals surface area (Å²) in [5.41, 5.74) is 6.31. The molecule has 0 fully saturated rings. The van der Waals surface area contributed by atoms with Gasteiger partial charge in [-0.25, -0.2) is 0 Å². The Morgan fingerprint density at radius 3 is 2.62 bits per heavy atom. The van der Waals surface area contributed by atoms with Gasteiger partial charge in [0, 0.05) is 17.9 Å². The molecular formula is C13H18ClNO. The van der Waals surface area contributed by atoms with E-state index >= 15 is 0 Å². The van der Waals surface area contributed by atoms with E-state index in [0.29, 0.717) is 24.4 Å². The number of Topliss-reactive ketones (excluding diaryl/α,β-unsaturated/α-hetero) is 1. The van der Waals surface area contributed by atoms with Crippen molar-refractivity contribution < 1.29 is 4.79 Å². The molecule has 88 valence electrons. The van der Waals surface area contributed by atoms with Crippen LogP contribution in [0.2, 0.25) is 5.02 Å². The average Bonchev–Trinajstić information content (AvgIpc) is 2.28. The van der Waals surface area contributed by atoms with Gasteiger partial charge < -0.3 is 5.73 Å². The minimum Gasteiger partial charge on any atom is -0.330 e. The lowest BCUT2D eigenvalue weighted by Gasteiger charge is -2.03. The smallest absolute Gasteiger partial charge is 0.137 e. The number of ketones is 1. The van der Waals surface area contributed by atoms with Gasteiger partial charge in [0.15, 0.2) is 0 Å². The number of benzene rings is 1. The summed E-state index contributed by atoms with van der Waals surface area (Å²) in [6.45, 7) is 0.707. The van der Waals surface area contributed by atoms with Gasteiger partial charge in [-0.3, -0.25) is 4.79 Å². The fourth-order valence-electron chi connectivity index (χ4n) is 1.59. The maximum Gasteiger partial charge on any atom is 0.137 e. The number of carbonyl (C=O) groups excluding carboxylic acids is 1. The van der Waals surface area contributed by atoms with Gasteiger partial charge in [0.05, 0.1) is 0 Å². The summed E-state index contributed by atoms with van der Waals surface area (Å²) in [5.74, 6) is 0.255. The topological polar surface area (TPSA) is 43.1 Å². The van der Waals surface area contributed by atoms with E-state index in [1.165, 1.54) is 0 Å². The molecule has 0 heterocycles. The first kappa shape index (κ1) is 13.2. The van der Waals surface area contributed by atoms with Crippen LogP contribution in [-0.2, 0) is 11.2 Å². The number of nitrogens with two attached hydrogens (primary N) is 1. The molecule has 2 nitrogen and oxygen atoms in total. The standard InChI is InChI=1S/C13H18ClNO/c14-13-8-4-3-6-11(13)10-12(16)7-2-1-5-9-15/h3-4,6,8H,1-2,5,7,9-10,15H2. The highest BCUT2D eigenvalue weighted by Gasteiger charge is 2.06. The van der Waals surface area contributed by atoms with Crippen molar-refractivity contribution in [1.82, 2.24) is 0 Å². The summed E-state index contributed by atoms with van der Waals surface area (Å²) in [4.78, 5) is 11.6. The van der Waals surface area contributed by atoms with E-state index in [-0.39, 0.29) is 5.78 Å². The van der Waals surface area contributed by atoms with Crippen LogP contribution >= 0.6 is 11.6 Å². The van der Waals surface area contributed by atoms with Crippen molar-refractivity contribution >= 4 is 17.4 Å². The third-order valence-electron chi connectivity index (χ3n) is 2.51. The fourth-order valence-corrected chi connectivity index (χ4v) is 1.79. The normalized spacial score (nSPS) is 10.4. The molecule has 0 radical (unpaired) electrons. The summed E-state index contributed by atoms with van der Waals surface area (Å²) in [7, 11) is 0. The van der Waals surface area contributed by atoms with Crippen LogP contribution in [-0.4, -0.2) is 12.3 Å². The van der Waals surface area contributed by atoms with Gasteiger partial charge >= 0.3 is 0 Å². The molecule has 1 aromatic rings. The third-order valence-corrected chi connectivity index (χ3v) is 2.87. The van der Waals surface area contributed by atoms with Gasteiger partial charge in [-0.1, -0.05) is 36.2 Å². The summed E-state index contributed by atoms with van der Waals surface area (Å²) in [6.07, 6.45) is 4.04. The summed E-state index contributed by atoms with van der Waals surface area (Å²) in [5, 5.41) is 0.679. The molecule has 0 saturated heterocycles. The molecule has 0 aromatic heterocycles. The Morgan fingerprint density at radius 2 is 1.94 bits per heavy atom. The number of halogens is 1. The van der Waals surface area contributed by atoms with Gasteiger partial charge in [-0.15, -0.1) is 0 Å². The molecule has 0 saturated carbocycles. The van der Waals surface area contributed by atoms with E-state index in [1.54, 1.807) is 0 Å². The minimum atomic E-state index is 0.255. The highest BCUT2D eigenvalue weighted by Crippen LogP contribution is 2.16. The summed E-state index contributed by atoms with van der Waals surface area (Å²) in [6, 6.07) is 7.50. The molecule has 2 N–H and O–H groups in total. The Balaban J connectivity index is 2.32. The Morgan fingerprint density at radius 1 is 1.19 bits per heavy atom. The first-order chi connectivity index (χ1) is 7.74. The largest absolute Gasteiger partial charge is 0.330 e. The molecule has 16 heavy (non-hydrogen) atoms. The van der Waals surface area contributed by atoms with Crippen LogP contribution in [0.1, 0.15) is 31.2 Å². The molecule has 0 aliphatic rings. The second kappa shape index (κ2) is 7.42. The zero-order valence-corrected chi connectivity index (χ0v) is 10.2. The second-order valence-corrected chi connectivity index (χ2v) is 4.31. The van der Waals surface area contributed by atoms with E-state index in [4.69, 9.17) is 17.3 Å². The lowest BCUT2D eigenvalue weighted by molar-refractivity contribution is -0.118. The fraction of sp³-hybridized carbons (Fsp3) is 0.462. The molecule has 3 heteroatoms. The van der Waals surface area contributed by atoms with Crippen LogP contribution in [0, 0.1) is 0 Å². The summed E-state index contributed by atoms with van der Waals surface area (Å²) < 4.78 is 0. The van der Waals surface area contributed by atoms with Crippen molar-refractivity contribution in [2.75, 3.05) is 6.54 Å². The van der Waals surface area contributed by atoms with Gasteiger partial charge in [-0.2, -0.15) is 0 Å². The molecular weight excluding hydrogens is 222 g/mol. The van der Waals surface area contributed by atoms with Crippen LogP contribution in [0.4, 0.5) is 0 Å². The average molecular weight is 240 g/mol. The maximum atomic E-state index is 11.6. The Labute approximate surface area is 102 Å². The Bertz CT molecular complexity index is 338. The van der Waals surface area contributed by atoms with Gasteiger partial charge in [0.25, 0.3) is 0 Å². The molecule has 0 unspecified atom stereocenters. The van der Waals surface area contributed by atoms with Crippen LogP contribution in [0.15, 0.2) is 24.3 Å². The SMILES string of the molecule is NCCCCCC(=O)Cc1ccccc1Cl. The molecule has 1 aromatic carbocycles. The van der Waals surface area contributed by atoms with E-state index < -0.39 is 0 Å². The number of carbonyl (C=O) groups is 1. The highest BCUT2D eigenvalue weighted by molar-refractivity contribution is 6.31. The van der Waals surface area contributed by atoms with Crippen LogP contribution < -0.4 is 5.73 Å². The molecule has 0 aliphatic carbocycles. The highest BCUT2D eigenvalue weighted by atomic mass is 35.5. The van der Waals surface area contributed by atoms with E-state index in [1.807, 2.05) is 24.3 Å². The quantitative estimate of drug-likeness (QED) is 0.744.